The van der Waals surface area contributed by atoms with Crippen LogP contribution in [-0.2, 0) is 35.2 Å². The van der Waals surface area contributed by atoms with Crippen molar-refractivity contribution in [2.24, 2.45) is 10.3 Å². The molecule has 0 spiro atoms. The molecule has 2 aromatic rings. The number of aliphatic hydroxyl groups excluding tert-OH is 1. The number of nitrogens with zero attached hydrogens (tertiary/aromatic N) is 2. The number of hydrogen-bond donors (Lipinski definition) is 4. The number of alkyl carbamates (subject to hydrolysis) is 1. The summed E-state index contributed by atoms with van der Waals surface area (Å²) in [4.78, 5) is 25.9. The van der Waals surface area contributed by atoms with Gasteiger partial charge in [-0.25, -0.2) is 4.79 Å². The van der Waals surface area contributed by atoms with Crippen LogP contribution in [0.15, 0.2) is 57.3 Å². The van der Waals surface area contributed by atoms with Crippen molar-refractivity contribution in [2.45, 2.75) is 82.8 Å². The Labute approximate surface area is 275 Å². The first kappa shape index (κ1) is 34.4. The van der Waals surface area contributed by atoms with Gasteiger partial charge in [0.2, 0.25) is 0 Å². The van der Waals surface area contributed by atoms with Crippen LogP contribution in [0.3, 0.4) is 0 Å². The topological polar surface area (TPSA) is 184 Å². The fourth-order valence-electron chi connectivity index (χ4n) is 5.94. The number of sulfonamides is 1. The minimum atomic E-state index is -4.44. The number of ether oxygens (including phenoxy) is 1. The van der Waals surface area contributed by atoms with Crippen molar-refractivity contribution < 1.29 is 36.3 Å². The number of fused-ring (bicyclic) bond motifs is 2. The zero-order valence-electron chi connectivity index (χ0n) is 27.2. The predicted octanol–water partition coefficient (Wildman–Crippen LogP) is 4.70. The molecule has 47 heavy (non-hydrogen) atoms. The summed E-state index contributed by atoms with van der Waals surface area (Å²) in [5, 5.41) is 16.9. The third-order valence-electron chi connectivity index (χ3n) is 8.38. The number of amidine groups is 1. The van der Waals surface area contributed by atoms with Gasteiger partial charge in [0.05, 0.1) is 16.8 Å². The number of benzene rings is 2. The van der Waals surface area contributed by atoms with Crippen LogP contribution in [0.25, 0.3) is 5.76 Å². The summed E-state index contributed by atoms with van der Waals surface area (Å²) in [6.07, 6.45) is 0.919. The van der Waals surface area contributed by atoms with Gasteiger partial charge in [0.25, 0.3) is 10.0 Å². The highest BCUT2D eigenvalue weighted by Gasteiger charge is 2.46. The Kier molecular flexibility index (Phi) is 8.96. The van der Waals surface area contributed by atoms with E-state index in [9.17, 15) is 31.5 Å². The maximum absolute atomic E-state index is 14.1. The van der Waals surface area contributed by atoms with Crippen LogP contribution in [0.5, 0.6) is 0 Å². The minimum Gasteiger partial charge on any atom is -0.506 e. The first-order valence-corrected chi connectivity index (χ1v) is 18.3. The molecule has 13 nitrogen and oxygen atoms in total. The number of carbonyl (C=O) groups excluding carboxylic acids is 2. The second-order valence-electron chi connectivity index (χ2n) is 13.7. The van der Waals surface area contributed by atoms with E-state index in [1.807, 2.05) is 13.8 Å². The van der Waals surface area contributed by atoms with Crippen LogP contribution < -0.4 is 15.4 Å². The highest BCUT2D eigenvalue weighted by atomic mass is 32.2. The van der Waals surface area contributed by atoms with Crippen molar-refractivity contribution in [2.75, 3.05) is 23.1 Å². The molecule has 4 N–H and O–H groups in total. The van der Waals surface area contributed by atoms with Gasteiger partial charge in [-0.05, 0) is 76.6 Å². The lowest BCUT2D eigenvalue weighted by Gasteiger charge is -2.36. The lowest BCUT2D eigenvalue weighted by molar-refractivity contribution is -0.120. The molecule has 2 unspecified atom stereocenters. The molecular formula is C32H41N5O8S2. The number of aliphatic hydroxyl groups is 1. The van der Waals surface area contributed by atoms with E-state index in [4.69, 9.17) is 4.74 Å². The lowest BCUT2D eigenvalue weighted by Crippen LogP contribution is -2.42. The molecule has 1 saturated heterocycles. The van der Waals surface area contributed by atoms with Crippen molar-refractivity contribution in [3.8, 4) is 0 Å². The molecule has 0 aromatic heterocycles. The molecule has 254 valence electrons. The zero-order valence-corrected chi connectivity index (χ0v) is 28.9. The Morgan fingerprint density at radius 2 is 1.91 bits per heavy atom. The Hall–Kier alpha value is -3.95. The number of ketones is 1. The molecule has 2 aromatic carbocycles. The van der Waals surface area contributed by atoms with Crippen LogP contribution in [0.4, 0.5) is 16.2 Å². The number of hydrogen-bond acceptors (Lipinski definition) is 9. The Morgan fingerprint density at radius 1 is 1.21 bits per heavy atom. The predicted molar refractivity (Wildman–Crippen MR) is 179 cm³/mol. The third kappa shape index (κ3) is 7.02. The van der Waals surface area contributed by atoms with Gasteiger partial charge < -0.3 is 20.5 Å². The average molecular weight is 688 g/mol. The second kappa shape index (κ2) is 12.3. The number of rotatable bonds is 8. The van der Waals surface area contributed by atoms with Crippen molar-refractivity contribution in [3.05, 3.63) is 59.2 Å². The molecule has 2 aliphatic heterocycles. The molecular weight excluding hydrogens is 647 g/mol. The van der Waals surface area contributed by atoms with Gasteiger partial charge in [-0.1, -0.05) is 38.1 Å². The van der Waals surface area contributed by atoms with E-state index in [2.05, 4.69) is 19.8 Å². The molecule has 3 aliphatic rings. The summed E-state index contributed by atoms with van der Waals surface area (Å²) in [5.74, 6) is -0.820. The average Bonchev–Trinajstić information content (AvgIpc) is 3.43. The molecule has 5 rings (SSSR count). The minimum absolute atomic E-state index is 0.00112. The summed E-state index contributed by atoms with van der Waals surface area (Å²) in [7, 11) is -8.57. The van der Waals surface area contributed by atoms with E-state index in [0.29, 0.717) is 29.9 Å². The van der Waals surface area contributed by atoms with Gasteiger partial charge >= 0.3 is 16.3 Å². The second-order valence-corrected chi connectivity index (χ2v) is 17.0. The van der Waals surface area contributed by atoms with Crippen LogP contribution in [0, 0.1) is 5.92 Å². The van der Waals surface area contributed by atoms with Gasteiger partial charge in [-0.3, -0.25) is 9.52 Å². The van der Waals surface area contributed by atoms with E-state index < -0.39 is 49.2 Å². The number of anilines is 2. The van der Waals surface area contributed by atoms with Gasteiger partial charge in [0.15, 0.2) is 11.6 Å². The maximum atomic E-state index is 14.1. The molecule has 2 atom stereocenters. The third-order valence-corrected chi connectivity index (χ3v) is 11.2. The summed E-state index contributed by atoms with van der Waals surface area (Å²) in [6.45, 7) is 11.2. The highest BCUT2D eigenvalue weighted by molar-refractivity contribution is 7.91. The Morgan fingerprint density at radius 3 is 2.60 bits per heavy atom. The molecule has 0 bridgehead atoms. The Bertz CT molecular complexity index is 1900. The largest absolute Gasteiger partial charge is 0.506 e. The summed E-state index contributed by atoms with van der Waals surface area (Å²) in [5.41, 5.74) is -0.831. The summed E-state index contributed by atoms with van der Waals surface area (Å²) < 4.78 is 66.1. The fourth-order valence-corrected chi connectivity index (χ4v) is 8.36. The first-order chi connectivity index (χ1) is 21.8. The van der Waals surface area contributed by atoms with E-state index in [-0.39, 0.29) is 46.5 Å². The van der Waals surface area contributed by atoms with E-state index >= 15 is 0 Å². The van der Waals surface area contributed by atoms with Crippen molar-refractivity contribution in [1.82, 2.24) is 9.62 Å². The van der Waals surface area contributed by atoms with Crippen LogP contribution >= 0.6 is 0 Å². The van der Waals surface area contributed by atoms with E-state index in [0.717, 1.165) is 16.8 Å². The lowest BCUT2D eigenvalue weighted by atomic mass is 9.66. The van der Waals surface area contributed by atoms with Gasteiger partial charge in [0, 0.05) is 24.7 Å². The van der Waals surface area contributed by atoms with Gasteiger partial charge in [-0.2, -0.15) is 21.1 Å². The fraction of sp³-hybridized carbons (Fsp3) is 0.469. The monoisotopic (exact) mass is 687 g/mol. The highest BCUT2D eigenvalue weighted by Crippen LogP contribution is 2.44. The molecule has 2 heterocycles. The number of amides is 1. The summed E-state index contributed by atoms with van der Waals surface area (Å²) >= 11 is 0. The number of carbonyl (C=O) groups is 2. The summed E-state index contributed by atoms with van der Waals surface area (Å²) in [6, 6.07) is 10.4. The molecule has 0 saturated carbocycles. The van der Waals surface area contributed by atoms with Gasteiger partial charge in [-0.15, -0.1) is 4.40 Å². The Balaban J connectivity index is 1.38. The molecule has 15 heteroatoms. The molecule has 0 radical (unpaired) electrons. The standard InChI is InChI=1S/C32H41N5O8S2/c1-19(2)13-15-32(6)23-10-8-7-9-22(23)27(38)26(28(32)39)29-34-24-12-11-20(17-25(24)46(41,42)36-29)35-47(43,44)37-16-14-21(18-37)33-30(40)45-31(3,4)5/h7-12,17,19,21,35,38H,13-16,18H2,1-6H3,(H,33,40)(H,34,36). The van der Waals surface area contributed by atoms with E-state index in [1.165, 1.54) is 12.1 Å². The molecule has 1 fully saturated rings. The number of nitrogens with one attached hydrogen (secondary N) is 3. The SMILES string of the molecule is CC(C)CCC1(C)C(=O)C(C2=NS(=O)(=O)c3cc(NS(=O)(=O)N4CCC(NC(=O)OC(C)(C)C)C4)ccc3N2)=C(O)c2ccccc21. The quantitative estimate of drug-likeness (QED) is 0.306. The molecule has 1 aliphatic carbocycles. The van der Waals surface area contributed by atoms with Gasteiger partial charge in [0.1, 0.15) is 21.8 Å². The van der Waals surface area contributed by atoms with Crippen molar-refractivity contribution in [1.29, 1.82) is 0 Å². The van der Waals surface area contributed by atoms with E-state index in [1.54, 1.807) is 52.0 Å². The normalized spacial score (nSPS) is 22.7. The number of Topliss-reactive ketones (excluding diaryl/α,β-unsaturated/α-hetero) is 1. The molecule has 1 amide bonds. The van der Waals surface area contributed by atoms with Crippen molar-refractivity contribution in [3.63, 3.8) is 0 Å². The van der Waals surface area contributed by atoms with Crippen molar-refractivity contribution >= 4 is 55.1 Å². The first-order valence-electron chi connectivity index (χ1n) is 15.4. The van der Waals surface area contributed by atoms with Crippen LogP contribution in [-0.4, -0.2) is 68.7 Å². The van der Waals surface area contributed by atoms with Crippen LogP contribution in [0.1, 0.15) is 71.9 Å². The smallest absolute Gasteiger partial charge is 0.407 e. The zero-order chi connectivity index (χ0) is 34.5. The van der Waals surface area contributed by atoms with Crippen LogP contribution in [0.2, 0.25) is 0 Å². The maximum Gasteiger partial charge on any atom is 0.407 e.